The van der Waals surface area contributed by atoms with E-state index in [1.807, 2.05) is 20.8 Å². The van der Waals surface area contributed by atoms with E-state index in [9.17, 15) is 13.2 Å². The maximum Gasteiger partial charge on any atom is 0.224 e. The molecule has 2 atom stereocenters. The number of amides is 1. The zero-order valence-electron chi connectivity index (χ0n) is 13.3. The van der Waals surface area contributed by atoms with Crippen LogP contribution < -0.4 is 0 Å². The fourth-order valence-corrected chi connectivity index (χ4v) is 3.94. The van der Waals surface area contributed by atoms with Gasteiger partial charge in [-0.2, -0.15) is 0 Å². The highest BCUT2D eigenvalue weighted by atomic mass is 32.2. The van der Waals surface area contributed by atoms with Gasteiger partial charge in [0.05, 0.1) is 35.9 Å². The lowest BCUT2D eigenvalue weighted by Crippen LogP contribution is -2.52. The number of hydrogen-bond acceptors (Lipinski definition) is 4. The largest absolute Gasteiger partial charge is 0.377 e. The monoisotopic (exact) mass is 325 g/mol. The molecule has 1 amide bonds. The third-order valence-corrected chi connectivity index (χ3v) is 5.65. The second kappa shape index (κ2) is 6.79. The van der Waals surface area contributed by atoms with Crippen molar-refractivity contribution in [3.05, 3.63) is 29.8 Å². The molecule has 1 heterocycles. The first-order valence-corrected chi connectivity index (χ1v) is 9.15. The molecule has 0 aliphatic carbocycles. The van der Waals surface area contributed by atoms with Crippen LogP contribution >= 0.6 is 0 Å². The number of carbonyl (C=O) groups excluding carboxylic acids is 1. The molecule has 1 fully saturated rings. The normalized spacial score (nSPS) is 22.6. The summed E-state index contributed by atoms with van der Waals surface area (Å²) in [5.41, 5.74) is 1.01. The van der Waals surface area contributed by atoms with E-state index in [1.54, 1.807) is 29.2 Å². The van der Waals surface area contributed by atoms with Crippen LogP contribution in [0.15, 0.2) is 29.2 Å². The molecular weight excluding hydrogens is 302 g/mol. The minimum atomic E-state index is -3.42. The summed E-state index contributed by atoms with van der Waals surface area (Å²) in [6, 6.07) is 6.68. The molecular formula is C16H23NO4S. The van der Waals surface area contributed by atoms with Crippen LogP contribution in [-0.4, -0.2) is 50.3 Å². The first-order chi connectivity index (χ1) is 10.3. The summed E-state index contributed by atoms with van der Waals surface area (Å²) in [6.45, 7) is 6.74. The standard InChI is InChI=1S/C16H23NO4S/c1-12-4-6-15(7-5-12)22(19,20)9-8-16(18)17-13(2)10-21-11-14(17)3/h4-7,13-14H,8-11H2,1-3H3. The Labute approximate surface area is 132 Å². The van der Waals surface area contributed by atoms with E-state index in [4.69, 9.17) is 4.74 Å². The Balaban J connectivity index is 2.02. The third-order valence-electron chi connectivity index (χ3n) is 3.92. The van der Waals surface area contributed by atoms with Crippen molar-refractivity contribution in [2.75, 3.05) is 19.0 Å². The summed E-state index contributed by atoms with van der Waals surface area (Å²) >= 11 is 0. The number of aryl methyl sites for hydroxylation is 1. The van der Waals surface area contributed by atoms with Crippen LogP contribution in [-0.2, 0) is 19.4 Å². The molecule has 2 unspecified atom stereocenters. The fourth-order valence-electron chi connectivity index (χ4n) is 2.71. The van der Waals surface area contributed by atoms with Crippen LogP contribution in [0.1, 0.15) is 25.8 Å². The number of hydrogen-bond donors (Lipinski definition) is 0. The molecule has 0 bridgehead atoms. The van der Waals surface area contributed by atoms with Crippen LogP contribution in [0.5, 0.6) is 0 Å². The summed E-state index contributed by atoms with van der Waals surface area (Å²) in [4.78, 5) is 14.4. The minimum absolute atomic E-state index is 0.00485. The van der Waals surface area contributed by atoms with Crippen LogP contribution in [0.2, 0.25) is 0 Å². The number of ether oxygens (including phenoxy) is 1. The van der Waals surface area contributed by atoms with Crippen LogP contribution in [0.4, 0.5) is 0 Å². The molecule has 1 aliphatic rings. The smallest absolute Gasteiger partial charge is 0.224 e. The molecule has 0 aromatic heterocycles. The molecule has 1 saturated heterocycles. The minimum Gasteiger partial charge on any atom is -0.377 e. The number of nitrogens with zero attached hydrogens (tertiary/aromatic N) is 1. The summed E-state index contributed by atoms with van der Waals surface area (Å²) in [5.74, 6) is -0.287. The summed E-state index contributed by atoms with van der Waals surface area (Å²) in [6.07, 6.45) is 0.00485. The van der Waals surface area contributed by atoms with E-state index < -0.39 is 9.84 Å². The molecule has 122 valence electrons. The predicted molar refractivity (Wildman–Crippen MR) is 84.4 cm³/mol. The summed E-state index contributed by atoms with van der Waals surface area (Å²) < 4.78 is 30.0. The Hall–Kier alpha value is -1.40. The average Bonchev–Trinajstić information content (AvgIpc) is 2.45. The highest BCUT2D eigenvalue weighted by molar-refractivity contribution is 7.91. The SMILES string of the molecule is Cc1ccc(S(=O)(=O)CCC(=O)N2C(C)COCC2C)cc1. The number of rotatable bonds is 4. The second-order valence-corrected chi connectivity index (χ2v) is 8.03. The van der Waals surface area contributed by atoms with Crippen molar-refractivity contribution >= 4 is 15.7 Å². The Morgan fingerprint density at radius 1 is 1.18 bits per heavy atom. The van der Waals surface area contributed by atoms with Gasteiger partial charge in [-0.1, -0.05) is 17.7 Å². The Kier molecular flexibility index (Phi) is 5.24. The molecule has 1 aromatic carbocycles. The molecule has 1 aromatic rings. The number of morpholine rings is 1. The van der Waals surface area contributed by atoms with Crippen molar-refractivity contribution in [3.8, 4) is 0 Å². The summed E-state index contributed by atoms with van der Waals surface area (Å²) in [5, 5.41) is 0. The predicted octanol–water partition coefficient (Wildman–Crippen LogP) is 1.79. The number of carbonyl (C=O) groups is 1. The van der Waals surface area contributed by atoms with Gasteiger partial charge in [0, 0.05) is 6.42 Å². The van der Waals surface area contributed by atoms with Crippen molar-refractivity contribution in [2.45, 2.75) is 44.2 Å². The van der Waals surface area contributed by atoms with E-state index >= 15 is 0 Å². The van der Waals surface area contributed by atoms with E-state index in [0.29, 0.717) is 13.2 Å². The van der Waals surface area contributed by atoms with E-state index in [1.165, 1.54) is 0 Å². The van der Waals surface area contributed by atoms with Gasteiger partial charge in [0.15, 0.2) is 9.84 Å². The van der Waals surface area contributed by atoms with Gasteiger partial charge in [0.1, 0.15) is 0 Å². The van der Waals surface area contributed by atoms with Gasteiger partial charge in [0.25, 0.3) is 0 Å². The molecule has 1 aliphatic heterocycles. The Bertz CT molecular complexity index is 614. The lowest BCUT2D eigenvalue weighted by molar-refractivity contribution is -0.143. The highest BCUT2D eigenvalue weighted by Gasteiger charge is 2.30. The first-order valence-electron chi connectivity index (χ1n) is 7.49. The van der Waals surface area contributed by atoms with Gasteiger partial charge in [0.2, 0.25) is 5.91 Å². The van der Waals surface area contributed by atoms with Gasteiger partial charge < -0.3 is 9.64 Å². The van der Waals surface area contributed by atoms with Crippen molar-refractivity contribution in [1.82, 2.24) is 4.90 Å². The number of benzene rings is 1. The van der Waals surface area contributed by atoms with Crippen molar-refractivity contribution in [1.29, 1.82) is 0 Å². The van der Waals surface area contributed by atoms with Gasteiger partial charge in [-0.15, -0.1) is 0 Å². The molecule has 0 N–H and O–H groups in total. The Morgan fingerprint density at radius 2 is 1.73 bits per heavy atom. The average molecular weight is 325 g/mol. The van der Waals surface area contributed by atoms with Crippen molar-refractivity contribution < 1.29 is 17.9 Å². The topological polar surface area (TPSA) is 63.7 Å². The van der Waals surface area contributed by atoms with Crippen LogP contribution in [0.3, 0.4) is 0 Å². The van der Waals surface area contributed by atoms with Crippen molar-refractivity contribution in [3.63, 3.8) is 0 Å². The quantitative estimate of drug-likeness (QED) is 0.847. The molecule has 0 radical (unpaired) electrons. The second-order valence-electron chi connectivity index (χ2n) is 5.92. The molecule has 6 heteroatoms. The first kappa shape index (κ1) is 17.0. The lowest BCUT2D eigenvalue weighted by atomic mass is 10.1. The Morgan fingerprint density at radius 3 is 2.27 bits per heavy atom. The van der Waals surface area contributed by atoms with Gasteiger partial charge in [-0.25, -0.2) is 8.42 Å². The maximum atomic E-state index is 12.4. The summed E-state index contributed by atoms with van der Waals surface area (Å²) in [7, 11) is -3.42. The molecule has 2 rings (SSSR count). The van der Waals surface area contributed by atoms with E-state index in [2.05, 4.69) is 0 Å². The van der Waals surface area contributed by atoms with Crippen LogP contribution in [0.25, 0.3) is 0 Å². The highest BCUT2D eigenvalue weighted by Crippen LogP contribution is 2.17. The van der Waals surface area contributed by atoms with Gasteiger partial charge in [-0.3, -0.25) is 4.79 Å². The van der Waals surface area contributed by atoms with Gasteiger partial charge in [-0.05, 0) is 32.9 Å². The number of sulfone groups is 1. The molecule has 5 nitrogen and oxygen atoms in total. The third kappa shape index (κ3) is 3.87. The van der Waals surface area contributed by atoms with E-state index in [-0.39, 0.29) is 35.1 Å². The van der Waals surface area contributed by atoms with E-state index in [0.717, 1.165) is 5.56 Å². The zero-order valence-corrected chi connectivity index (χ0v) is 14.1. The zero-order chi connectivity index (χ0) is 16.3. The van der Waals surface area contributed by atoms with Gasteiger partial charge >= 0.3 is 0 Å². The molecule has 22 heavy (non-hydrogen) atoms. The van der Waals surface area contributed by atoms with Crippen molar-refractivity contribution in [2.24, 2.45) is 0 Å². The molecule has 0 saturated carbocycles. The fraction of sp³-hybridized carbons (Fsp3) is 0.562. The maximum absolute atomic E-state index is 12.4. The lowest BCUT2D eigenvalue weighted by Gasteiger charge is -2.38. The molecule has 0 spiro atoms. The van der Waals surface area contributed by atoms with Crippen LogP contribution in [0, 0.1) is 6.92 Å².